The molecule has 2 aromatic carbocycles. The summed E-state index contributed by atoms with van der Waals surface area (Å²) in [7, 11) is -3.35. The van der Waals surface area contributed by atoms with Crippen LogP contribution in [0.2, 0.25) is 0 Å². The molecule has 0 heterocycles. The van der Waals surface area contributed by atoms with Crippen LogP contribution in [0.25, 0.3) is 0 Å². The van der Waals surface area contributed by atoms with E-state index in [0.29, 0.717) is 6.54 Å². The first-order chi connectivity index (χ1) is 9.38. The largest absolute Gasteiger partial charge is 0.379 e. The number of halogens is 2. The van der Waals surface area contributed by atoms with E-state index in [1.807, 2.05) is 24.3 Å². The van der Waals surface area contributed by atoms with Crippen molar-refractivity contribution in [3.63, 3.8) is 0 Å². The van der Waals surface area contributed by atoms with Crippen LogP contribution < -0.4 is 5.32 Å². The fourth-order valence-corrected chi connectivity index (χ4v) is 2.77. The Morgan fingerprint density at radius 2 is 1.90 bits per heavy atom. The van der Waals surface area contributed by atoms with Gasteiger partial charge >= 0.3 is 0 Å². The Morgan fingerprint density at radius 1 is 1.20 bits per heavy atom. The molecular weight excluding hydrogens is 345 g/mol. The van der Waals surface area contributed by atoms with E-state index in [1.54, 1.807) is 0 Å². The van der Waals surface area contributed by atoms with Gasteiger partial charge in [-0.3, -0.25) is 0 Å². The number of rotatable bonds is 4. The number of hydrogen-bond donors (Lipinski definition) is 1. The molecule has 0 aliphatic heterocycles. The SMILES string of the molecule is CS(=O)(=O)c1ccc(F)c(NCc2ccccc2Br)c1. The van der Waals surface area contributed by atoms with Crippen molar-refractivity contribution in [3.8, 4) is 0 Å². The molecular formula is C14H13BrFNO2S. The van der Waals surface area contributed by atoms with Gasteiger partial charge in [-0.15, -0.1) is 0 Å². The maximum atomic E-state index is 13.7. The zero-order chi connectivity index (χ0) is 14.8. The third-order valence-corrected chi connectivity index (χ3v) is 4.68. The van der Waals surface area contributed by atoms with Crippen LogP contribution >= 0.6 is 15.9 Å². The van der Waals surface area contributed by atoms with Crippen LogP contribution in [0.1, 0.15) is 5.56 Å². The molecule has 20 heavy (non-hydrogen) atoms. The second-order valence-electron chi connectivity index (χ2n) is 4.36. The number of anilines is 1. The Labute approximate surface area is 125 Å². The van der Waals surface area contributed by atoms with Crippen LogP contribution in [0.5, 0.6) is 0 Å². The van der Waals surface area contributed by atoms with Gasteiger partial charge in [0.15, 0.2) is 9.84 Å². The molecule has 0 fully saturated rings. The lowest BCUT2D eigenvalue weighted by atomic mass is 10.2. The smallest absolute Gasteiger partial charge is 0.175 e. The Morgan fingerprint density at radius 3 is 2.55 bits per heavy atom. The van der Waals surface area contributed by atoms with Crippen LogP contribution in [0.4, 0.5) is 10.1 Å². The van der Waals surface area contributed by atoms with Crippen molar-refractivity contribution in [2.45, 2.75) is 11.4 Å². The molecule has 0 atom stereocenters. The summed E-state index contributed by atoms with van der Waals surface area (Å²) in [5.74, 6) is -0.482. The molecule has 0 saturated carbocycles. The zero-order valence-corrected chi connectivity index (χ0v) is 13.1. The molecule has 106 valence electrons. The van der Waals surface area contributed by atoms with Gasteiger partial charge in [-0.25, -0.2) is 12.8 Å². The summed E-state index contributed by atoms with van der Waals surface area (Å²) in [6, 6.07) is 11.3. The number of sulfone groups is 1. The van der Waals surface area contributed by atoms with E-state index >= 15 is 0 Å². The summed E-state index contributed by atoms with van der Waals surface area (Å²) in [6.45, 7) is 0.394. The first-order valence-corrected chi connectivity index (χ1v) is 8.53. The standard InChI is InChI=1S/C14H13BrFNO2S/c1-20(18,19)11-6-7-13(16)14(8-11)17-9-10-4-2-3-5-12(10)15/h2-8,17H,9H2,1H3. The van der Waals surface area contributed by atoms with E-state index in [-0.39, 0.29) is 10.6 Å². The average Bonchev–Trinajstić information content (AvgIpc) is 2.38. The highest BCUT2D eigenvalue weighted by molar-refractivity contribution is 9.10. The molecule has 0 unspecified atom stereocenters. The molecule has 0 aliphatic rings. The van der Waals surface area contributed by atoms with Crippen LogP contribution in [0.3, 0.4) is 0 Å². The quantitative estimate of drug-likeness (QED) is 0.850. The van der Waals surface area contributed by atoms with Crippen LogP contribution in [0.15, 0.2) is 51.8 Å². The van der Waals surface area contributed by atoms with Crippen LogP contribution in [-0.2, 0) is 16.4 Å². The van der Waals surface area contributed by atoms with Gasteiger partial charge in [-0.2, -0.15) is 0 Å². The minimum absolute atomic E-state index is 0.0912. The summed E-state index contributed by atoms with van der Waals surface area (Å²) in [6.07, 6.45) is 1.10. The highest BCUT2D eigenvalue weighted by atomic mass is 79.9. The van der Waals surface area contributed by atoms with E-state index in [4.69, 9.17) is 0 Å². The fraction of sp³-hybridized carbons (Fsp3) is 0.143. The summed E-state index contributed by atoms with van der Waals surface area (Å²) in [5, 5.41) is 2.91. The second-order valence-corrected chi connectivity index (χ2v) is 7.23. The van der Waals surface area contributed by atoms with Gasteiger partial charge in [0.25, 0.3) is 0 Å². The molecule has 0 saturated heterocycles. The number of nitrogens with one attached hydrogen (secondary N) is 1. The molecule has 0 aliphatic carbocycles. The third-order valence-electron chi connectivity index (χ3n) is 2.79. The topological polar surface area (TPSA) is 46.2 Å². The first kappa shape index (κ1) is 15.0. The number of hydrogen-bond acceptors (Lipinski definition) is 3. The Kier molecular flexibility index (Phi) is 4.45. The summed E-state index contributed by atoms with van der Waals surface area (Å²) in [5.41, 5.74) is 1.13. The lowest BCUT2D eigenvalue weighted by Gasteiger charge is -2.10. The molecule has 0 amide bonds. The third kappa shape index (κ3) is 3.58. The molecule has 0 bridgehead atoms. The van der Waals surface area contributed by atoms with E-state index in [0.717, 1.165) is 22.4 Å². The molecule has 0 radical (unpaired) electrons. The predicted molar refractivity (Wildman–Crippen MR) is 81.0 cm³/mol. The Bertz CT molecular complexity index is 732. The minimum Gasteiger partial charge on any atom is -0.379 e. The van der Waals surface area contributed by atoms with Gasteiger partial charge in [0.2, 0.25) is 0 Å². The van der Waals surface area contributed by atoms with E-state index in [2.05, 4.69) is 21.2 Å². The van der Waals surface area contributed by atoms with Crippen molar-refractivity contribution >= 4 is 31.5 Å². The predicted octanol–water partition coefficient (Wildman–Crippen LogP) is 3.60. The van der Waals surface area contributed by atoms with Crippen molar-refractivity contribution in [1.29, 1.82) is 0 Å². The maximum absolute atomic E-state index is 13.7. The highest BCUT2D eigenvalue weighted by Gasteiger charge is 2.11. The summed E-state index contributed by atoms with van der Waals surface area (Å²) < 4.78 is 37.5. The lowest BCUT2D eigenvalue weighted by Crippen LogP contribution is -2.04. The monoisotopic (exact) mass is 357 g/mol. The first-order valence-electron chi connectivity index (χ1n) is 5.85. The Balaban J connectivity index is 2.24. The van der Waals surface area contributed by atoms with Gasteiger partial charge < -0.3 is 5.32 Å². The van der Waals surface area contributed by atoms with Crippen molar-refractivity contribution in [2.75, 3.05) is 11.6 Å². The van der Waals surface area contributed by atoms with Gasteiger partial charge in [-0.05, 0) is 29.8 Å². The van der Waals surface area contributed by atoms with Crippen molar-refractivity contribution in [1.82, 2.24) is 0 Å². The number of benzene rings is 2. The molecule has 0 aromatic heterocycles. The van der Waals surface area contributed by atoms with Gasteiger partial charge in [-0.1, -0.05) is 34.1 Å². The van der Waals surface area contributed by atoms with Gasteiger partial charge in [0.05, 0.1) is 10.6 Å². The maximum Gasteiger partial charge on any atom is 0.175 e. The molecule has 3 nitrogen and oxygen atoms in total. The van der Waals surface area contributed by atoms with Crippen molar-refractivity contribution < 1.29 is 12.8 Å². The normalized spacial score (nSPS) is 11.3. The highest BCUT2D eigenvalue weighted by Crippen LogP contribution is 2.22. The minimum atomic E-state index is -3.35. The Hall–Kier alpha value is -1.40. The molecule has 2 rings (SSSR count). The van der Waals surface area contributed by atoms with E-state index in [1.165, 1.54) is 12.1 Å². The van der Waals surface area contributed by atoms with E-state index in [9.17, 15) is 12.8 Å². The van der Waals surface area contributed by atoms with E-state index < -0.39 is 15.7 Å². The lowest BCUT2D eigenvalue weighted by molar-refractivity contribution is 0.600. The fourth-order valence-electron chi connectivity index (χ4n) is 1.70. The molecule has 1 N–H and O–H groups in total. The van der Waals surface area contributed by atoms with Crippen LogP contribution in [-0.4, -0.2) is 14.7 Å². The van der Waals surface area contributed by atoms with Gasteiger partial charge in [0, 0.05) is 17.3 Å². The molecule has 6 heteroatoms. The summed E-state index contributed by atoms with van der Waals surface area (Å²) >= 11 is 3.40. The van der Waals surface area contributed by atoms with Crippen molar-refractivity contribution in [2.24, 2.45) is 0 Å². The average molecular weight is 358 g/mol. The zero-order valence-electron chi connectivity index (χ0n) is 10.7. The second kappa shape index (κ2) is 5.93. The van der Waals surface area contributed by atoms with Crippen molar-refractivity contribution in [3.05, 3.63) is 58.3 Å². The summed E-state index contributed by atoms with van der Waals surface area (Å²) in [4.78, 5) is 0.0912. The van der Waals surface area contributed by atoms with Gasteiger partial charge in [0.1, 0.15) is 5.82 Å². The molecule has 0 spiro atoms. The van der Waals surface area contributed by atoms with Crippen LogP contribution in [0, 0.1) is 5.82 Å². The molecule has 2 aromatic rings.